The van der Waals surface area contributed by atoms with Gasteiger partial charge in [0.1, 0.15) is 0 Å². The van der Waals surface area contributed by atoms with Crippen molar-refractivity contribution < 1.29 is 5.11 Å². The molecular formula is C9H22N2O. The third kappa shape index (κ3) is 5.52. The van der Waals surface area contributed by atoms with Crippen LogP contribution in [0.4, 0.5) is 0 Å². The Balaban J connectivity index is 3.24. The van der Waals surface area contributed by atoms with Crippen molar-refractivity contribution >= 4 is 0 Å². The maximum absolute atomic E-state index is 9.33. The van der Waals surface area contributed by atoms with Crippen molar-refractivity contribution in [3.63, 3.8) is 0 Å². The van der Waals surface area contributed by atoms with Crippen molar-refractivity contribution in [2.45, 2.75) is 51.2 Å². The van der Waals surface area contributed by atoms with Crippen LogP contribution in [0.5, 0.6) is 0 Å². The zero-order valence-electron chi connectivity index (χ0n) is 8.00. The average molecular weight is 174 g/mol. The molecule has 74 valence electrons. The quantitative estimate of drug-likeness (QED) is 0.495. The fraction of sp³-hybridized carbons (Fsp3) is 1.00. The van der Waals surface area contributed by atoms with Crippen molar-refractivity contribution in [2.24, 2.45) is 11.5 Å². The fourth-order valence-electron chi connectivity index (χ4n) is 1.20. The molecule has 12 heavy (non-hydrogen) atoms. The van der Waals surface area contributed by atoms with Gasteiger partial charge >= 0.3 is 0 Å². The molecule has 0 aromatic rings. The lowest BCUT2D eigenvalue weighted by Gasteiger charge is -2.16. The summed E-state index contributed by atoms with van der Waals surface area (Å²) in [5.74, 6) is 0. The maximum Gasteiger partial charge on any atom is 0.0688 e. The first-order valence-electron chi connectivity index (χ1n) is 4.86. The molecule has 0 bridgehead atoms. The minimum atomic E-state index is -0.331. The second kappa shape index (κ2) is 7.53. The number of aliphatic hydroxyl groups is 1. The highest BCUT2D eigenvalue weighted by Crippen LogP contribution is 2.06. The Bertz CT molecular complexity index is 98.5. The molecule has 0 amide bonds. The Morgan fingerprint density at radius 3 is 2.42 bits per heavy atom. The monoisotopic (exact) mass is 174 g/mol. The van der Waals surface area contributed by atoms with Crippen LogP contribution in [-0.4, -0.2) is 23.8 Å². The number of aliphatic hydroxyl groups excluding tert-OH is 1. The first kappa shape index (κ1) is 11.9. The lowest BCUT2D eigenvalue weighted by molar-refractivity contribution is 0.135. The van der Waals surface area contributed by atoms with Gasteiger partial charge in [0.05, 0.1) is 6.10 Å². The second-order valence-electron chi connectivity index (χ2n) is 3.28. The Labute approximate surface area is 75.1 Å². The fourth-order valence-corrected chi connectivity index (χ4v) is 1.20. The highest BCUT2D eigenvalue weighted by Gasteiger charge is 2.10. The third-order valence-corrected chi connectivity index (χ3v) is 2.15. The molecule has 0 aliphatic rings. The molecule has 2 atom stereocenters. The van der Waals surface area contributed by atoms with E-state index in [2.05, 4.69) is 0 Å². The predicted octanol–water partition coefficient (Wildman–Crippen LogP) is 0.604. The van der Waals surface area contributed by atoms with E-state index < -0.39 is 0 Å². The van der Waals surface area contributed by atoms with Gasteiger partial charge in [-0.05, 0) is 25.8 Å². The summed E-state index contributed by atoms with van der Waals surface area (Å²) < 4.78 is 0. The second-order valence-corrected chi connectivity index (χ2v) is 3.28. The molecule has 0 aromatic heterocycles. The van der Waals surface area contributed by atoms with E-state index in [1.165, 1.54) is 0 Å². The van der Waals surface area contributed by atoms with Gasteiger partial charge in [0, 0.05) is 6.04 Å². The molecule has 2 unspecified atom stereocenters. The summed E-state index contributed by atoms with van der Waals surface area (Å²) in [4.78, 5) is 0. The normalized spacial score (nSPS) is 16.0. The Kier molecular flexibility index (Phi) is 7.45. The van der Waals surface area contributed by atoms with E-state index >= 15 is 0 Å². The third-order valence-electron chi connectivity index (χ3n) is 2.15. The van der Waals surface area contributed by atoms with Gasteiger partial charge in [0.15, 0.2) is 0 Å². The standard InChI is InChI=1S/C9H22N2O/c1-2-9(12)8(11)6-4-3-5-7-10/h8-9,12H,2-7,10-11H2,1H3. The van der Waals surface area contributed by atoms with Gasteiger partial charge in [-0.1, -0.05) is 19.8 Å². The Morgan fingerprint density at radius 2 is 1.92 bits per heavy atom. The predicted molar refractivity (Wildman–Crippen MR) is 51.8 cm³/mol. The molecule has 0 aliphatic carbocycles. The smallest absolute Gasteiger partial charge is 0.0688 e. The molecule has 0 rings (SSSR count). The average Bonchev–Trinajstić information content (AvgIpc) is 2.10. The number of rotatable bonds is 7. The number of hydrogen-bond acceptors (Lipinski definition) is 3. The number of hydrogen-bond donors (Lipinski definition) is 3. The van der Waals surface area contributed by atoms with Gasteiger partial charge in [-0.2, -0.15) is 0 Å². The van der Waals surface area contributed by atoms with E-state index in [1.54, 1.807) is 0 Å². The Hall–Kier alpha value is -0.120. The zero-order valence-corrected chi connectivity index (χ0v) is 8.00. The van der Waals surface area contributed by atoms with Crippen molar-refractivity contribution in [1.29, 1.82) is 0 Å². The van der Waals surface area contributed by atoms with E-state index in [0.717, 1.165) is 38.6 Å². The van der Waals surface area contributed by atoms with Crippen LogP contribution >= 0.6 is 0 Å². The molecule has 5 N–H and O–H groups in total. The molecule has 3 heteroatoms. The lowest BCUT2D eigenvalue weighted by Crippen LogP contribution is -2.33. The first-order chi connectivity index (χ1) is 5.72. The molecule has 0 fully saturated rings. The van der Waals surface area contributed by atoms with Gasteiger partial charge in [-0.3, -0.25) is 0 Å². The highest BCUT2D eigenvalue weighted by molar-refractivity contribution is 4.69. The van der Waals surface area contributed by atoms with E-state index in [-0.39, 0.29) is 12.1 Å². The van der Waals surface area contributed by atoms with E-state index in [9.17, 15) is 5.11 Å². The SMILES string of the molecule is CCC(O)C(N)CCCCCN. The molecule has 0 saturated carbocycles. The molecule has 0 aromatic carbocycles. The lowest BCUT2D eigenvalue weighted by atomic mass is 10.0. The van der Waals surface area contributed by atoms with Gasteiger partial charge in [0.2, 0.25) is 0 Å². The van der Waals surface area contributed by atoms with Crippen LogP contribution in [0.15, 0.2) is 0 Å². The highest BCUT2D eigenvalue weighted by atomic mass is 16.3. The Morgan fingerprint density at radius 1 is 1.25 bits per heavy atom. The minimum absolute atomic E-state index is 0.0484. The summed E-state index contributed by atoms with van der Waals surface area (Å²) in [6, 6.07) is -0.0484. The maximum atomic E-state index is 9.33. The molecule has 0 aliphatic heterocycles. The summed E-state index contributed by atoms with van der Waals surface area (Å²) in [6.07, 6.45) is 4.60. The molecule has 3 nitrogen and oxygen atoms in total. The molecule has 0 spiro atoms. The van der Waals surface area contributed by atoms with Crippen molar-refractivity contribution in [2.75, 3.05) is 6.54 Å². The molecular weight excluding hydrogens is 152 g/mol. The van der Waals surface area contributed by atoms with E-state index in [0.29, 0.717) is 0 Å². The van der Waals surface area contributed by atoms with Gasteiger partial charge in [-0.15, -0.1) is 0 Å². The largest absolute Gasteiger partial charge is 0.392 e. The van der Waals surface area contributed by atoms with Gasteiger partial charge < -0.3 is 16.6 Å². The van der Waals surface area contributed by atoms with Gasteiger partial charge in [0.25, 0.3) is 0 Å². The van der Waals surface area contributed by atoms with Crippen LogP contribution in [0.3, 0.4) is 0 Å². The molecule has 0 heterocycles. The number of nitrogens with two attached hydrogens (primary N) is 2. The van der Waals surface area contributed by atoms with Crippen LogP contribution in [0, 0.1) is 0 Å². The van der Waals surface area contributed by atoms with Crippen LogP contribution in [0.2, 0.25) is 0 Å². The molecule has 0 radical (unpaired) electrons. The number of unbranched alkanes of at least 4 members (excludes halogenated alkanes) is 2. The van der Waals surface area contributed by atoms with Crippen LogP contribution in [-0.2, 0) is 0 Å². The topological polar surface area (TPSA) is 72.3 Å². The first-order valence-corrected chi connectivity index (χ1v) is 4.86. The van der Waals surface area contributed by atoms with Crippen molar-refractivity contribution in [3.05, 3.63) is 0 Å². The summed E-state index contributed by atoms with van der Waals surface area (Å²) in [5.41, 5.74) is 11.1. The van der Waals surface area contributed by atoms with Crippen molar-refractivity contribution in [1.82, 2.24) is 0 Å². The van der Waals surface area contributed by atoms with E-state index in [1.807, 2.05) is 6.92 Å². The van der Waals surface area contributed by atoms with Crippen LogP contribution in [0.25, 0.3) is 0 Å². The molecule has 0 saturated heterocycles. The van der Waals surface area contributed by atoms with Gasteiger partial charge in [-0.25, -0.2) is 0 Å². The van der Waals surface area contributed by atoms with Crippen molar-refractivity contribution in [3.8, 4) is 0 Å². The minimum Gasteiger partial charge on any atom is -0.392 e. The van der Waals surface area contributed by atoms with E-state index in [4.69, 9.17) is 11.5 Å². The summed E-state index contributed by atoms with van der Waals surface area (Å²) in [5, 5.41) is 9.33. The van der Waals surface area contributed by atoms with Crippen LogP contribution < -0.4 is 11.5 Å². The summed E-state index contributed by atoms with van der Waals surface area (Å²) >= 11 is 0. The van der Waals surface area contributed by atoms with Crippen LogP contribution in [0.1, 0.15) is 39.0 Å². The zero-order chi connectivity index (χ0) is 9.40. The summed E-state index contributed by atoms with van der Waals surface area (Å²) in [7, 11) is 0. The summed E-state index contributed by atoms with van der Waals surface area (Å²) in [6.45, 7) is 2.70.